The molecule has 0 aliphatic carbocycles. The van der Waals surface area contributed by atoms with E-state index in [0.717, 1.165) is 4.89 Å². The second-order valence-electron chi connectivity index (χ2n) is 3.20. The summed E-state index contributed by atoms with van der Waals surface area (Å²) in [7, 11) is -4.33. The first-order valence-electron chi connectivity index (χ1n) is 4.41. The van der Waals surface area contributed by atoms with E-state index in [9.17, 15) is 18.0 Å². The van der Waals surface area contributed by atoms with E-state index in [0.29, 0.717) is 0 Å². The molecule has 0 amide bonds. The van der Waals surface area contributed by atoms with Crippen LogP contribution in [0.25, 0.3) is 0 Å². The number of hydrogen-bond acceptors (Lipinski definition) is 8. The smallest absolute Gasteiger partial charge is 0.325 e. The third-order valence-corrected chi connectivity index (χ3v) is 2.91. The largest absolute Gasteiger partial charge is 0.481 e. The predicted molar refractivity (Wildman–Crippen MR) is 53.4 cm³/mol. The zero-order valence-electron chi connectivity index (χ0n) is 9.10. The summed E-state index contributed by atoms with van der Waals surface area (Å²) >= 11 is 0. The molecule has 106 valence electrons. The van der Waals surface area contributed by atoms with Gasteiger partial charge in [-0.2, -0.15) is 13.1 Å². The normalized spacial score (nSPS) is 27.1. The fraction of sp³-hybridized carbons (Fsp3) is 0.667. The van der Waals surface area contributed by atoms with Gasteiger partial charge in [0, 0.05) is 0 Å². The van der Waals surface area contributed by atoms with Crippen molar-refractivity contribution in [1.82, 2.24) is 9.61 Å². The molecule has 0 unspecified atom stereocenters. The molecule has 3 atom stereocenters. The highest BCUT2D eigenvalue weighted by molar-refractivity contribution is 7.87. The zero-order valence-corrected chi connectivity index (χ0v) is 9.92. The van der Waals surface area contributed by atoms with Crippen molar-refractivity contribution < 1.29 is 38.3 Å². The molecule has 11 nitrogen and oxygen atoms in total. The molecular weight excluding hydrogens is 274 g/mol. The molecule has 0 aromatic carbocycles. The molecule has 0 aromatic rings. The molecule has 0 spiro atoms. The fourth-order valence-corrected chi connectivity index (χ4v) is 2.04. The Morgan fingerprint density at radius 3 is 2.33 bits per heavy atom. The standard InChI is InChI=1S/C6H10N2O7S.H3NO/c1-2-3(5(9)10)4(6(11)15-2)7-16(13,14)8-12;1-2/h2-4,7-8,12H,1H3,(H,9,10);2H,1H2/t2-,3-,4-;/m0./s1. The summed E-state index contributed by atoms with van der Waals surface area (Å²) < 4.78 is 28.1. The van der Waals surface area contributed by atoms with Crippen LogP contribution in [0.2, 0.25) is 0 Å². The third-order valence-electron chi connectivity index (χ3n) is 2.11. The number of carboxylic acid groups (broad SMARTS) is 1. The molecule has 1 heterocycles. The first-order chi connectivity index (χ1) is 8.28. The van der Waals surface area contributed by atoms with E-state index in [-0.39, 0.29) is 0 Å². The summed E-state index contributed by atoms with van der Waals surface area (Å²) in [5, 5.41) is 23.5. The van der Waals surface area contributed by atoms with Crippen LogP contribution in [0.4, 0.5) is 0 Å². The lowest BCUT2D eigenvalue weighted by molar-refractivity contribution is -0.143. The number of esters is 1. The molecule has 18 heavy (non-hydrogen) atoms. The summed E-state index contributed by atoms with van der Waals surface area (Å²) in [4.78, 5) is 22.9. The summed E-state index contributed by atoms with van der Waals surface area (Å²) in [6.45, 7) is 1.33. The van der Waals surface area contributed by atoms with E-state index in [2.05, 4.69) is 10.6 Å². The Morgan fingerprint density at radius 2 is 1.94 bits per heavy atom. The van der Waals surface area contributed by atoms with Gasteiger partial charge < -0.3 is 20.3 Å². The van der Waals surface area contributed by atoms with Crippen LogP contribution in [-0.4, -0.2) is 48.0 Å². The molecule has 0 aromatic heterocycles. The Morgan fingerprint density at radius 1 is 1.44 bits per heavy atom. The number of cyclic esters (lactones) is 1. The highest BCUT2D eigenvalue weighted by atomic mass is 32.2. The van der Waals surface area contributed by atoms with Crippen LogP contribution in [-0.2, 0) is 24.5 Å². The van der Waals surface area contributed by atoms with Crippen LogP contribution in [0.5, 0.6) is 0 Å². The van der Waals surface area contributed by atoms with Gasteiger partial charge in [0.25, 0.3) is 10.2 Å². The predicted octanol–water partition coefficient (Wildman–Crippen LogP) is -2.85. The highest BCUT2D eigenvalue weighted by Crippen LogP contribution is 2.23. The summed E-state index contributed by atoms with van der Waals surface area (Å²) in [5.41, 5.74) is 0. The number of rotatable bonds is 4. The van der Waals surface area contributed by atoms with Crippen molar-refractivity contribution in [2.45, 2.75) is 19.1 Å². The van der Waals surface area contributed by atoms with Gasteiger partial charge in [0.1, 0.15) is 18.1 Å². The molecule has 1 aliphatic heterocycles. The van der Waals surface area contributed by atoms with Gasteiger partial charge in [-0.1, -0.05) is 4.89 Å². The molecule has 7 N–H and O–H groups in total. The van der Waals surface area contributed by atoms with Crippen molar-refractivity contribution in [3.63, 3.8) is 0 Å². The van der Waals surface area contributed by atoms with E-state index in [1.165, 1.54) is 6.92 Å². The molecular formula is C6H13N3O8S. The van der Waals surface area contributed by atoms with Gasteiger partial charge in [-0.05, 0) is 6.92 Å². The van der Waals surface area contributed by atoms with Gasteiger partial charge in [-0.25, -0.2) is 5.90 Å². The quantitative estimate of drug-likeness (QED) is 0.233. The summed E-state index contributed by atoms with van der Waals surface area (Å²) in [5.74, 6) is -0.210. The number of nitrogens with two attached hydrogens (primary N) is 1. The molecule has 0 saturated carbocycles. The van der Waals surface area contributed by atoms with E-state index in [4.69, 9.17) is 15.5 Å². The van der Waals surface area contributed by atoms with Crippen molar-refractivity contribution >= 4 is 22.1 Å². The number of ether oxygens (including phenoxy) is 1. The topological polar surface area (TPSA) is 188 Å². The maximum Gasteiger partial charge on any atom is 0.325 e. The number of nitrogens with one attached hydrogen (secondary N) is 2. The average molecular weight is 287 g/mol. The van der Waals surface area contributed by atoms with Crippen LogP contribution >= 0.6 is 0 Å². The summed E-state index contributed by atoms with van der Waals surface area (Å²) in [6, 6.07) is -1.56. The maximum absolute atomic E-state index is 11.2. The van der Waals surface area contributed by atoms with Gasteiger partial charge in [-0.15, -0.1) is 0 Å². The Hall–Kier alpha value is -1.31. The van der Waals surface area contributed by atoms with E-state index in [1.807, 2.05) is 0 Å². The van der Waals surface area contributed by atoms with Gasteiger partial charge in [0.2, 0.25) is 0 Å². The number of carbonyl (C=O) groups excluding carboxylic acids is 1. The van der Waals surface area contributed by atoms with Crippen molar-refractivity contribution in [3.05, 3.63) is 0 Å². The minimum absolute atomic E-state index is 0.923. The van der Waals surface area contributed by atoms with Gasteiger partial charge in [0.15, 0.2) is 0 Å². The minimum Gasteiger partial charge on any atom is -0.481 e. The van der Waals surface area contributed by atoms with E-state index in [1.54, 1.807) is 4.72 Å². The molecule has 1 fully saturated rings. The lowest BCUT2D eigenvalue weighted by Crippen LogP contribution is -2.49. The van der Waals surface area contributed by atoms with Crippen LogP contribution in [0.3, 0.4) is 0 Å². The van der Waals surface area contributed by atoms with Crippen molar-refractivity contribution in [2.24, 2.45) is 11.8 Å². The van der Waals surface area contributed by atoms with Crippen LogP contribution in [0, 0.1) is 5.92 Å². The van der Waals surface area contributed by atoms with Crippen LogP contribution < -0.4 is 15.5 Å². The lowest BCUT2D eigenvalue weighted by Gasteiger charge is -2.14. The average Bonchev–Trinajstić information content (AvgIpc) is 2.56. The first kappa shape index (κ1) is 16.7. The number of carbonyl (C=O) groups is 2. The Labute approximate surface area is 102 Å². The molecule has 12 heteroatoms. The third kappa shape index (κ3) is 3.86. The maximum atomic E-state index is 11.2. The minimum atomic E-state index is -4.33. The summed E-state index contributed by atoms with van der Waals surface area (Å²) in [6.07, 6.45) is -0.948. The molecule has 0 bridgehead atoms. The van der Waals surface area contributed by atoms with E-state index >= 15 is 0 Å². The van der Waals surface area contributed by atoms with E-state index < -0.39 is 40.2 Å². The molecule has 1 aliphatic rings. The highest BCUT2D eigenvalue weighted by Gasteiger charge is 2.48. The van der Waals surface area contributed by atoms with Gasteiger partial charge in [-0.3, -0.25) is 9.59 Å². The zero-order chi connectivity index (χ0) is 14.5. The molecule has 1 saturated heterocycles. The van der Waals surface area contributed by atoms with Crippen LogP contribution in [0.15, 0.2) is 0 Å². The van der Waals surface area contributed by atoms with Crippen molar-refractivity contribution in [1.29, 1.82) is 0 Å². The van der Waals surface area contributed by atoms with Crippen LogP contribution in [0.1, 0.15) is 6.92 Å². The Balaban J connectivity index is 0.00000137. The van der Waals surface area contributed by atoms with Gasteiger partial charge in [0.05, 0.1) is 0 Å². The Bertz CT molecular complexity index is 409. The number of hydrogen-bond donors (Lipinski definition) is 6. The fourth-order valence-electron chi connectivity index (χ4n) is 1.41. The second-order valence-corrected chi connectivity index (χ2v) is 4.62. The van der Waals surface area contributed by atoms with Crippen molar-refractivity contribution in [2.75, 3.05) is 0 Å². The first-order valence-corrected chi connectivity index (χ1v) is 5.89. The van der Waals surface area contributed by atoms with Crippen molar-refractivity contribution in [3.8, 4) is 0 Å². The molecule has 0 radical (unpaired) electrons. The number of aliphatic carboxylic acids is 1. The monoisotopic (exact) mass is 287 g/mol. The molecule has 1 rings (SSSR count). The Kier molecular flexibility index (Phi) is 6.10. The SMILES string of the molecule is C[C@@H]1OC(=O)[C@@H](NS(=O)(=O)NO)[C@H]1C(=O)O.NO. The van der Waals surface area contributed by atoms with Gasteiger partial charge >= 0.3 is 11.9 Å². The lowest BCUT2D eigenvalue weighted by atomic mass is 9.99. The number of carboxylic acids is 1. The second kappa shape index (κ2) is 6.58.